The molecule has 0 saturated heterocycles. The highest BCUT2D eigenvalue weighted by atomic mass is 32.1. The van der Waals surface area contributed by atoms with Crippen molar-refractivity contribution in [3.8, 4) is 0 Å². The van der Waals surface area contributed by atoms with Gasteiger partial charge in [-0.2, -0.15) is 0 Å². The van der Waals surface area contributed by atoms with Crippen LogP contribution in [0.15, 0.2) is 29.3 Å². The number of para-hydroxylation sites is 1. The summed E-state index contributed by atoms with van der Waals surface area (Å²) in [5.41, 5.74) is 2.94. The maximum atomic E-state index is 13.1. The smallest absolute Gasteiger partial charge is 0.348 e. The third-order valence-electron chi connectivity index (χ3n) is 5.12. The molecule has 1 N–H and O–H groups in total. The van der Waals surface area contributed by atoms with Crippen LogP contribution in [0.5, 0.6) is 0 Å². The first-order chi connectivity index (χ1) is 14.3. The highest BCUT2D eigenvalue weighted by Crippen LogP contribution is 2.28. The van der Waals surface area contributed by atoms with Crippen LogP contribution in [0.2, 0.25) is 0 Å². The van der Waals surface area contributed by atoms with Crippen LogP contribution < -0.4 is 10.9 Å². The number of esters is 1. The Morgan fingerprint density at radius 1 is 1.27 bits per heavy atom. The standard InChI is InChI=1S/C22H25N3O4S/c1-6-15-10-8-9-12(3)17(15)24-19(26)14(5)25-11-23-20-16(21(25)27)13(4)18(30-20)22(28)29-7-2/h8-11,14H,6-7H2,1-5H3,(H,24,26). The summed E-state index contributed by atoms with van der Waals surface area (Å²) in [5.74, 6) is -0.776. The maximum absolute atomic E-state index is 13.1. The Kier molecular flexibility index (Phi) is 6.36. The number of ether oxygens (including phenoxy) is 1. The summed E-state index contributed by atoms with van der Waals surface area (Å²) in [6, 6.07) is 5.09. The molecule has 2 heterocycles. The predicted octanol–water partition coefficient (Wildman–Crippen LogP) is 4.01. The lowest BCUT2D eigenvalue weighted by atomic mass is 10.1. The second-order valence-electron chi connectivity index (χ2n) is 7.04. The van der Waals surface area contributed by atoms with Gasteiger partial charge in [0.15, 0.2) is 0 Å². The topological polar surface area (TPSA) is 90.3 Å². The summed E-state index contributed by atoms with van der Waals surface area (Å²) in [6.07, 6.45) is 2.14. The van der Waals surface area contributed by atoms with E-state index >= 15 is 0 Å². The second kappa shape index (κ2) is 8.79. The van der Waals surface area contributed by atoms with Gasteiger partial charge in [-0.05, 0) is 50.8 Å². The lowest BCUT2D eigenvalue weighted by Gasteiger charge is -2.18. The van der Waals surface area contributed by atoms with Gasteiger partial charge in [0.2, 0.25) is 5.91 Å². The average molecular weight is 428 g/mol. The summed E-state index contributed by atoms with van der Waals surface area (Å²) in [5, 5.41) is 3.30. The number of nitrogens with zero attached hydrogens (tertiary/aromatic N) is 2. The van der Waals surface area contributed by atoms with E-state index in [1.807, 2.05) is 32.0 Å². The molecular formula is C22H25N3O4S. The monoisotopic (exact) mass is 427 g/mol. The number of thiophene rings is 1. The first kappa shape index (κ1) is 21.7. The number of hydrogen-bond donors (Lipinski definition) is 1. The van der Waals surface area contributed by atoms with Gasteiger partial charge >= 0.3 is 5.97 Å². The molecule has 1 unspecified atom stereocenters. The molecule has 7 nitrogen and oxygen atoms in total. The van der Waals surface area contributed by atoms with E-state index in [0.29, 0.717) is 20.7 Å². The Morgan fingerprint density at radius 3 is 2.67 bits per heavy atom. The molecule has 3 aromatic rings. The fourth-order valence-corrected chi connectivity index (χ4v) is 4.39. The molecular weight excluding hydrogens is 402 g/mol. The van der Waals surface area contributed by atoms with Crippen molar-refractivity contribution in [2.24, 2.45) is 0 Å². The van der Waals surface area contributed by atoms with Crippen molar-refractivity contribution >= 4 is 39.1 Å². The Morgan fingerprint density at radius 2 is 2.00 bits per heavy atom. The van der Waals surface area contributed by atoms with Crippen LogP contribution in [0.25, 0.3) is 10.2 Å². The van der Waals surface area contributed by atoms with E-state index in [1.54, 1.807) is 20.8 Å². The number of rotatable bonds is 6. The minimum absolute atomic E-state index is 0.250. The normalized spacial score (nSPS) is 12.0. The van der Waals surface area contributed by atoms with Crippen molar-refractivity contribution < 1.29 is 14.3 Å². The third kappa shape index (κ3) is 3.87. The van der Waals surface area contributed by atoms with Gasteiger partial charge in [-0.15, -0.1) is 11.3 Å². The minimum atomic E-state index is -0.774. The number of anilines is 1. The molecule has 0 aliphatic carbocycles. The van der Waals surface area contributed by atoms with E-state index in [4.69, 9.17) is 4.74 Å². The van der Waals surface area contributed by atoms with Crippen molar-refractivity contribution in [2.75, 3.05) is 11.9 Å². The molecule has 158 valence electrons. The molecule has 0 fully saturated rings. The molecule has 1 aromatic carbocycles. The number of benzene rings is 1. The molecule has 8 heteroatoms. The molecule has 30 heavy (non-hydrogen) atoms. The fraction of sp³-hybridized carbons (Fsp3) is 0.364. The van der Waals surface area contributed by atoms with Gasteiger partial charge in [-0.25, -0.2) is 9.78 Å². The highest BCUT2D eigenvalue weighted by Gasteiger charge is 2.24. The van der Waals surface area contributed by atoms with Gasteiger partial charge in [0.25, 0.3) is 5.56 Å². The number of fused-ring (bicyclic) bond motifs is 1. The zero-order valence-electron chi connectivity index (χ0n) is 17.7. The van der Waals surface area contributed by atoms with Crippen molar-refractivity contribution in [2.45, 2.75) is 47.1 Å². The van der Waals surface area contributed by atoms with Crippen LogP contribution in [0.3, 0.4) is 0 Å². The molecule has 0 spiro atoms. The van der Waals surface area contributed by atoms with Crippen LogP contribution in [0.1, 0.15) is 53.2 Å². The SMILES string of the molecule is CCOC(=O)c1sc2ncn(C(C)C(=O)Nc3c(C)cccc3CC)c(=O)c2c1C. The van der Waals surface area contributed by atoms with Gasteiger partial charge in [-0.3, -0.25) is 14.2 Å². The summed E-state index contributed by atoms with van der Waals surface area (Å²) in [6.45, 7) is 9.29. The Bertz CT molecular complexity index is 1180. The summed E-state index contributed by atoms with van der Waals surface area (Å²) >= 11 is 1.12. The van der Waals surface area contributed by atoms with Crippen molar-refractivity contribution in [1.29, 1.82) is 0 Å². The van der Waals surface area contributed by atoms with E-state index in [9.17, 15) is 14.4 Å². The zero-order chi connectivity index (χ0) is 22.0. The number of carbonyl (C=O) groups excluding carboxylic acids is 2. The largest absolute Gasteiger partial charge is 0.462 e. The number of aryl methyl sites for hydroxylation is 3. The lowest BCUT2D eigenvalue weighted by Crippen LogP contribution is -2.32. The van der Waals surface area contributed by atoms with Gasteiger partial charge in [0, 0.05) is 5.69 Å². The summed E-state index contributed by atoms with van der Waals surface area (Å²) in [7, 11) is 0. The quantitative estimate of drug-likeness (QED) is 0.600. The van der Waals surface area contributed by atoms with E-state index in [-0.39, 0.29) is 18.1 Å². The van der Waals surface area contributed by atoms with E-state index in [0.717, 1.165) is 34.6 Å². The van der Waals surface area contributed by atoms with E-state index < -0.39 is 12.0 Å². The maximum Gasteiger partial charge on any atom is 0.348 e. The van der Waals surface area contributed by atoms with Gasteiger partial charge in [0.05, 0.1) is 18.3 Å². The summed E-state index contributed by atoms with van der Waals surface area (Å²) in [4.78, 5) is 43.4. The fourth-order valence-electron chi connectivity index (χ4n) is 3.36. The number of carbonyl (C=O) groups is 2. The van der Waals surface area contributed by atoms with E-state index in [1.165, 1.54) is 10.9 Å². The average Bonchev–Trinajstić information content (AvgIpc) is 3.06. The predicted molar refractivity (Wildman–Crippen MR) is 118 cm³/mol. The van der Waals surface area contributed by atoms with Crippen molar-refractivity contribution in [3.05, 3.63) is 56.4 Å². The molecule has 0 radical (unpaired) electrons. The van der Waals surface area contributed by atoms with Crippen LogP contribution in [-0.4, -0.2) is 28.0 Å². The van der Waals surface area contributed by atoms with Crippen LogP contribution in [0, 0.1) is 13.8 Å². The molecule has 0 bridgehead atoms. The number of hydrogen-bond acceptors (Lipinski definition) is 6. The number of aromatic nitrogens is 2. The first-order valence-corrected chi connectivity index (χ1v) is 10.7. The third-order valence-corrected chi connectivity index (χ3v) is 6.30. The van der Waals surface area contributed by atoms with E-state index in [2.05, 4.69) is 10.3 Å². The number of nitrogens with one attached hydrogen (secondary N) is 1. The van der Waals surface area contributed by atoms with Crippen LogP contribution >= 0.6 is 11.3 Å². The zero-order valence-corrected chi connectivity index (χ0v) is 18.6. The number of amides is 1. The molecule has 3 rings (SSSR count). The molecule has 0 aliphatic heterocycles. The Labute approximate surface area is 178 Å². The summed E-state index contributed by atoms with van der Waals surface area (Å²) < 4.78 is 6.37. The Hall–Kier alpha value is -3.00. The van der Waals surface area contributed by atoms with Crippen molar-refractivity contribution in [1.82, 2.24) is 9.55 Å². The van der Waals surface area contributed by atoms with Crippen molar-refractivity contribution in [3.63, 3.8) is 0 Å². The Balaban J connectivity index is 1.97. The van der Waals surface area contributed by atoms with Gasteiger partial charge < -0.3 is 10.1 Å². The highest BCUT2D eigenvalue weighted by molar-refractivity contribution is 7.20. The lowest BCUT2D eigenvalue weighted by molar-refractivity contribution is -0.118. The van der Waals surface area contributed by atoms with Gasteiger partial charge in [0.1, 0.15) is 15.7 Å². The minimum Gasteiger partial charge on any atom is -0.462 e. The molecule has 1 atom stereocenters. The van der Waals surface area contributed by atoms with Gasteiger partial charge in [-0.1, -0.05) is 25.1 Å². The second-order valence-corrected chi connectivity index (χ2v) is 8.04. The molecule has 1 amide bonds. The molecule has 2 aromatic heterocycles. The molecule has 0 saturated carbocycles. The molecule has 0 aliphatic rings. The van der Waals surface area contributed by atoms with Crippen LogP contribution in [-0.2, 0) is 16.0 Å². The van der Waals surface area contributed by atoms with Crippen LogP contribution in [0.4, 0.5) is 5.69 Å². The first-order valence-electron chi connectivity index (χ1n) is 9.86.